The van der Waals surface area contributed by atoms with Crippen LogP contribution < -0.4 is 11.3 Å². The van der Waals surface area contributed by atoms with Crippen LogP contribution in [0.4, 0.5) is 5.95 Å². The second kappa shape index (κ2) is 6.25. The maximum absolute atomic E-state index is 12.2. The molecule has 98 valence electrons. The van der Waals surface area contributed by atoms with E-state index in [0.717, 1.165) is 0 Å². The maximum Gasteiger partial charge on any atom is 0.246 e. The molecule has 1 aromatic heterocycles. The van der Waals surface area contributed by atoms with E-state index in [1.807, 2.05) is 6.07 Å². The molecule has 0 saturated carbocycles. The number of nitriles is 1. The van der Waals surface area contributed by atoms with Gasteiger partial charge >= 0.3 is 0 Å². The number of sulfonamides is 1. The molecule has 1 aromatic rings. The summed E-state index contributed by atoms with van der Waals surface area (Å²) in [4.78, 5) is 7.46. The zero-order valence-corrected chi connectivity index (χ0v) is 10.7. The van der Waals surface area contributed by atoms with Gasteiger partial charge in [-0.3, -0.25) is 5.43 Å². The number of rotatable bonds is 6. The van der Waals surface area contributed by atoms with E-state index >= 15 is 0 Å². The fourth-order valence-electron chi connectivity index (χ4n) is 1.30. The molecule has 0 unspecified atom stereocenters. The highest BCUT2D eigenvalue weighted by molar-refractivity contribution is 7.89. The topological polar surface area (TPSA) is 125 Å². The molecule has 0 radical (unpaired) electrons. The molecule has 0 aromatic carbocycles. The fraction of sp³-hybridized carbons (Fsp3) is 0.444. The molecular weight excluding hydrogens is 256 g/mol. The standard InChI is InChI=1S/C9H14N6O2S/c1-2-15(5-3-4-10)18(16,17)8-6-12-9(14-11)13-7-8/h6-7H,2-3,5,11H2,1H3,(H,12,13,14). The maximum atomic E-state index is 12.2. The molecule has 8 nitrogen and oxygen atoms in total. The highest BCUT2D eigenvalue weighted by atomic mass is 32.2. The molecule has 0 aliphatic rings. The second-order valence-electron chi connectivity index (χ2n) is 3.29. The van der Waals surface area contributed by atoms with Crippen LogP contribution in [0.2, 0.25) is 0 Å². The number of hydrogen-bond acceptors (Lipinski definition) is 7. The predicted octanol–water partition coefficient (Wildman–Crippen LogP) is -0.314. The lowest BCUT2D eigenvalue weighted by Crippen LogP contribution is -2.32. The zero-order valence-electron chi connectivity index (χ0n) is 9.87. The van der Waals surface area contributed by atoms with E-state index in [1.165, 1.54) is 16.7 Å². The van der Waals surface area contributed by atoms with Crippen molar-refractivity contribution >= 4 is 16.0 Å². The van der Waals surface area contributed by atoms with Crippen molar-refractivity contribution < 1.29 is 8.42 Å². The highest BCUT2D eigenvalue weighted by Gasteiger charge is 2.23. The number of nitrogen functional groups attached to an aromatic ring is 1. The quantitative estimate of drug-likeness (QED) is 0.536. The van der Waals surface area contributed by atoms with Crippen LogP contribution in [0.25, 0.3) is 0 Å². The van der Waals surface area contributed by atoms with Gasteiger partial charge < -0.3 is 0 Å². The lowest BCUT2D eigenvalue weighted by molar-refractivity contribution is 0.434. The Bertz CT molecular complexity index is 521. The molecule has 0 spiro atoms. The summed E-state index contributed by atoms with van der Waals surface area (Å²) >= 11 is 0. The van der Waals surface area contributed by atoms with Crippen LogP contribution in [0.3, 0.4) is 0 Å². The Morgan fingerprint density at radius 2 is 2.11 bits per heavy atom. The molecule has 0 fully saturated rings. The van der Waals surface area contributed by atoms with Gasteiger partial charge in [0.2, 0.25) is 16.0 Å². The first-order valence-electron chi connectivity index (χ1n) is 5.22. The highest BCUT2D eigenvalue weighted by Crippen LogP contribution is 2.14. The van der Waals surface area contributed by atoms with Gasteiger partial charge in [-0.25, -0.2) is 24.2 Å². The van der Waals surface area contributed by atoms with Crippen LogP contribution >= 0.6 is 0 Å². The van der Waals surface area contributed by atoms with E-state index in [9.17, 15) is 8.42 Å². The van der Waals surface area contributed by atoms with E-state index < -0.39 is 10.0 Å². The summed E-state index contributed by atoms with van der Waals surface area (Å²) in [6.07, 6.45) is 2.48. The zero-order chi connectivity index (χ0) is 13.6. The summed E-state index contributed by atoms with van der Waals surface area (Å²) in [5, 5.41) is 8.50. The predicted molar refractivity (Wildman–Crippen MR) is 64.5 cm³/mol. The molecule has 0 saturated heterocycles. The van der Waals surface area contributed by atoms with Crippen molar-refractivity contribution in [3.63, 3.8) is 0 Å². The number of nitrogens with zero attached hydrogens (tertiary/aromatic N) is 4. The lowest BCUT2D eigenvalue weighted by Gasteiger charge is -2.18. The minimum Gasteiger partial charge on any atom is -0.292 e. The molecule has 0 bridgehead atoms. The summed E-state index contributed by atoms with van der Waals surface area (Å²) < 4.78 is 25.5. The summed E-state index contributed by atoms with van der Waals surface area (Å²) in [5.74, 6) is 5.22. The van der Waals surface area contributed by atoms with Crippen molar-refractivity contribution in [2.45, 2.75) is 18.2 Å². The molecule has 18 heavy (non-hydrogen) atoms. The van der Waals surface area contributed by atoms with Crippen molar-refractivity contribution in [1.82, 2.24) is 14.3 Å². The molecule has 0 aliphatic heterocycles. The van der Waals surface area contributed by atoms with E-state index in [-0.39, 0.29) is 30.4 Å². The summed E-state index contributed by atoms with van der Waals surface area (Å²) in [6.45, 7) is 2.12. The smallest absolute Gasteiger partial charge is 0.246 e. The number of nitrogens with one attached hydrogen (secondary N) is 1. The molecule has 0 atom stereocenters. The van der Waals surface area contributed by atoms with Crippen LogP contribution in [-0.2, 0) is 10.0 Å². The van der Waals surface area contributed by atoms with E-state index in [1.54, 1.807) is 6.92 Å². The van der Waals surface area contributed by atoms with E-state index in [2.05, 4.69) is 15.4 Å². The minimum atomic E-state index is -3.66. The van der Waals surface area contributed by atoms with Gasteiger partial charge in [0.1, 0.15) is 4.90 Å². The Morgan fingerprint density at radius 1 is 1.50 bits per heavy atom. The Balaban J connectivity index is 2.99. The lowest BCUT2D eigenvalue weighted by atomic mass is 10.5. The van der Waals surface area contributed by atoms with Gasteiger partial charge in [0, 0.05) is 19.5 Å². The monoisotopic (exact) mass is 270 g/mol. The first kappa shape index (κ1) is 14.3. The third-order valence-electron chi connectivity index (χ3n) is 2.22. The van der Waals surface area contributed by atoms with Crippen LogP contribution in [0.5, 0.6) is 0 Å². The Labute approximate surface area is 105 Å². The molecular formula is C9H14N6O2S. The summed E-state index contributed by atoms with van der Waals surface area (Å²) in [5.41, 5.74) is 2.21. The third kappa shape index (κ3) is 3.13. The Hall–Kier alpha value is -1.76. The van der Waals surface area contributed by atoms with Crippen molar-refractivity contribution in [2.24, 2.45) is 5.84 Å². The van der Waals surface area contributed by atoms with Crippen molar-refractivity contribution in [3.8, 4) is 6.07 Å². The van der Waals surface area contributed by atoms with Crippen molar-refractivity contribution in [3.05, 3.63) is 12.4 Å². The summed E-state index contributed by atoms with van der Waals surface area (Å²) in [7, 11) is -3.66. The van der Waals surface area contributed by atoms with Crippen molar-refractivity contribution in [1.29, 1.82) is 5.26 Å². The number of nitrogens with two attached hydrogens (primary N) is 1. The number of hydrazine groups is 1. The minimum absolute atomic E-state index is 0.0266. The van der Waals surface area contributed by atoms with Crippen molar-refractivity contribution in [2.75, 3.05) is 18.5 Å². The molecule has 0 amide bonds. The average Bonchev–Trinajstić information content (AvgIpc) is 2.39. The molecule has 1 rings (SSSR count). The second-order valence-corrected chi connectivity index (χ2v) is 5.23. The third-order valence-corrected chi connectivity index (χ3v) is 4.15. The first-order valence-corrected chi connectivity index (χ1v) is 6.66. The summed E-state index contributed by atoms with van der Waals surface area (Å²) in [6, 6.07) is 1.91. The largest absolute Gasteiger partial charge is 0.292 e. The number of hydrogen-bond donors (Lipinski definition) is 2. The fourth-order valence-corrected chi connectivity index (χ4v) is 2.64. The van der Waals surface area contributed by atoms with Gasteiger partial charge in [-0.15, -0.1) is 0 Å². The number of anilines is 1. The van der Waals surface area contributed by atoms with Gasteiger partial charge in [-0.1, -0.05) is 6.92 Å². The first-order chi connectivity index (χ1) is 8.56. The SMILES string of the molecule is CCN(CCC#N)S(=O)(=O)c1cnc(NN)nc1. The number of aromatic nitrogens is 2. The van der Waals surface area contributed by atoms with Gasteiger partial charge in [0.25, 0.3) is 0 Å². The van der Waals surface area contributed by atoms with Gasteiger partial charge in [-0.05, 0) is 0 Å². The Kier molecular flexibility index (Phi) is 4.96. The van der Waals surface area contributed by atoms with Crippen LogP contribution in [0.15, 0.2) is 17.3 Å². The van der Waals surface area contributed by atoms with Crippen LogP contribution in [0.1, 0.15) is 13.3 Å². The van der Waals surface area contributed by atoms with Crippen LogP contribution in [0, 0.1) is 11.3 Å². The van der Waals surface area contributed by atoms with E-state index in [0.29, 0.717) is 0 Å². The van der Waals surface area contributed by atoms with Gasteiger partial charge in [0.05, 0.1) is 18.5 Å². The van der Waals surface area contributed by atoms with Gasteiger partial charge in [-0.2, -0.15) is 9.57 Å². The normalized spacial score (nSPS) is 11.2. The molecule has 0 aliphatic carbocycles. The molecule has 9 heteroatoms. The molecule has 3 N–H and O–H groups in total. The Morgan fingerprint density at radius 3 is 2.56 bits per heavy atom. The average molecular weight is 270 g/mol. The van der Waals surface area contributed by atoms with Crippen LogP contribution in [-0.4, -0.2) is 35.8 Å². The molecule has 1 heterocycles. The van der Waals surface area contributed by atoms with Gasteiger partial charge in [0.15, 0.2) is 0 Å². The van der Waals surface area contributed by atoms with E-state index in [4.69, 9.17) is 11.1 Å².